The van der Waals surface area contributed by atoms with Gasteiger partial charge in [0.25, 0.3) is 0 Å². The number of rotatable bonds is 14. The normalized spacial score (nSPS) is 12.7. The van der Waals surface area contributed by atoms with Crippen LogP contribution in [0.2, 0.25) is 0 Å². The minimum Gasteiger partial charge on any atom is -0.505 e. The maximum atomic E-state index is 11.9. The molecule has 5 heteroatoms. The first-order valence-corrected chi connectivity index (χ1v) is 17.2. The van der Waals surface area contributed by atoms with Gasteiger partial charge >= 0.3 is 0 Å². The Balaban J connectivity index is 1.66. The molecule has 0 saturated carbocycles. The van der Waals surface area contributed by atoms with Crippen LogP contribution < -0.4 is 0 Å². The van der Waals surface area contributed by atoms with Crippen LogP contribution in [0.15, 0.2) is 65.6 Å². The Bertz CT molecular complexity index is 1480. The average molecular weight is 600 g/mol. The number of unbranched alkanes of at least 4 members (excludes halogenated alkanes) is 6. The Hall–Kier alpha value is -2.79. The van der Waals surface area contributed by atoms with Crippen LogP contribution in [0.4, 0.5) is 0 Å². The third-order valence-corrected chi connectivity index (χ3v) is 9.68. The molecule has 232 valence electrons. The van der Waals surface area contributed by atoms with E-state index in [2.05, 4.69) is 110 Å². The number of aromatic hydroxyl groups is 1. The number of hydrogen-bond donors (Lipinski definition) is 1. The lowest BCUT2D eigenvalue weighted by Gasteiger charge is -2.35. The van der Waals surface area contributed by atoms with Gasteiger partial charge in [-0.1, -0.05) is 130 Å². The van der Waals surface area contributed by atoms with E-state index in [-0.39, 0.29) is 16.6 Å². The first-order valence-electron chi connectivity index (χ1n) is 16.3. The van der Waals surface area contributed by atoms with Crippen LogP contribution in [-0.4, -0.2) is 25.9 Å². The van der Waals surface area contributed by atoms with Gasteiger partial charge in [-0.25, -0.2) is 0 Å². The van der Waals surface area contributed by atoms with Crippen LogP contribution in [0.5, 0.6) is 5.75 Å². The summed E-state index contributed by atoms with van der Waals surface area (Å²) in [4.78, 5) is 2.87. The Morgan fingerprint density at radius 2 is 1.37 bits per heavy atom. The summed E-state index contributed by atoms with van der Waals surface area (Å²) in [5.74, 6) is 1.36. The number of phenols is 1. The van der Waals surface area contributed by atoms with Crippen molar-refractivity contribution in [2.45, 2.75) is 122 Å². The fourth-order valence-electron chi connectivity index (χ4n) is 6.42. The molecule has 0 bridgehead atoms. The minimum absolute atomic E-state index is 0.116. The molecule has 0 unspecified atom stereocenters. The highest BCUT2D eigenvalue weighted by Gasteiger charge is 2.33. The number of fused-ring (bicyclic) bond motifs is 1. The van der Waals surface area contributed by atoms with Crippen molar-refractivity contribution in [2.24, 2.45) is 5.41 Å². The fraction of sp³-hybridized carbons (Fsp3) is 0.526. The standard InChI is InChI=1S/C38H53N3OS/c1-9-10-11-12-13-14-18-23-43-30-21-22-32-33(26-30)40-41(39-32)34-25-29(37(5,6)27-36(2,3)4)24-31(35(34)42)38(7,8)28-19-16-15-17-20-28/h15-17,19-22,24-26,42H,9-14,18,23,27H2,1-8H3. The smallest absolute Gasteiger partial charge is 0.147 e. The summed E-state index contributed by atoms with van der Waals surface area (Å²) < 4.78 is 0. The predicted molar refractivity (Wildman–Crippen MR) is 185 cm³/mol. The van der Waals surface area contributed by atoms with Crippen molar-refractivity contribution in [1.29, 1.82) is 0 Å². The van der Waals surface area contributed by atoms with Crippen LogP contribution in [0.1, 0.15) is 123 Å². The minimum atomic E-state index is -0.416. The van der Waals surface area contributed by atoms with E-state index >= 15 is 0 Å². The molecule has 0 aliphatic heterocycles. The predicted octanol–water partition coefficient (Wildman–Crippen LogP) is 11.0. The topological polar surface area (TPSA) is 50.9 Å². The highest BCUT2D eigenvalue weighted by atomic mass is 32.2. The van der Waals surface area contributed by atoms with Crippen LogP contribution in [0.3, 0.4) is 0 Å². The number of phenolic OH excluding ortho intramolecular Hbond substituents is 1. The van der Waals surface area contributed by atoms with Crippen molar-refractivity contribution >= 4 is 22.8 Å². The molecule has 1 heterocycles. The van der Waals surface area contributed by atoms with Gasteiger partial charge < -0.3 is 5.11 Å². The zero-order valence-corrected chi connectivity index (χ0v) is 28.7. The maximum Gasteiger partial charge on any atom is 0.147 e. The molecule has 0 atom stereocenters. The summed E-state index contributed by atoms with van der Waals surface area (Å²) >= 11 is 1.90. The van der Waals surface area contributed by atoms with Crippen molar-refractivity contribution in [3.63, 3.8) is 0 Å². The van der Waals surface area contributed by atoms with Gasteiger partial charge in [0.05, 0.1) is 0 Å². The summed E-state index contributed by atoms with van der Waals surface area (Å²) in [6.45, 7) is 18.1. The molecule has 0 spiro atoms. The van der Waals surface area contributed by atoms with Crippen molar-refractivity contribution in [1.82, 2.24) is 15.0 Å². The highest BCUT2D eigenvalue weighted by Crippen LogP contribution is 2.44. The lowest BCUT2D eigenvalue weighted by molar-refractivity contribution is 0.283. The maximum absolute atomic E-state index is 11.9. The second-order valence-electron chi connectivity index (χ2n) is 14.6. The number of benzene rings is 3. The molecular weight excluding hydrogens is 547 g/mol. The Morgan fingerprint density at radius 3 is 2.05 bits per heavy atom. The van der Waals surface area contributed by atoms with E-state index in [9.17, 15) is 5.11 Å². The van der Waals surface area contributed by atoms with Gasteiger partial charge in [0.2, 0.25) is 0 Å². The fourth-order valence-corrected chi connectivity index (χ4v) is 7.36. The molecule has 43 heavy (non-hydrogen) atoms. The first kappa shape index (κ1) is 33.1. The molecule has 0 amide bonds. The lowest BCUT2D eigenvalue weighted by Crippen LogP contribution is -2.27. The molecule has 4 nitrogen and oxygen atoms in total. The Morgan fingerprint density at radius 1 is 0.721 bits per heavy atom. The molecule has 0 fully saturated rings. The zero-order valence-electron chi connectivity index (χ0n) is 27.8. The van der Waals surface area contributed by atoms with Crippen molar-refractivity contribution in [3.05, 3.63) is 77.4 Å². The Labute approximate surface area is 264 Å². The SMILES string of the molecule is CCCCCCCCCSc1ccc2nn(-c3cc(C(C)(C)CC(C)(C)C)cc(C(C)(C)c4ccccc4)c3O)nc2c1. The van der Waals surface area contributed by atoms with Gasteiger partial charge in [0, 0.05) is 15.9 Å². The highest BCUT2D eigenvalue weighted by molar-refractivity contribution is 7.99. The molecule has 0 aliphatic carbocycles. The van der Waals surface area contributed by atoms with Crippen LogP contribution >= 0.6 is 11.8 Å². The monoisotopic (exact) mass is 599 g/mol. The largest absolute Gasteiger partial charge is 0.505 e. The molecule has 0 saturated heterocycles. The number of nitrogens with zero attached hydrogens (tertiary/aromatic N) is 3. The van der Waals surface area contributed by atoms with Gasteiger partial charge in [0.15, 0.2) is 0 Å². The summed E-state index contributed by atoms with van der Waals surface area (Å²) in [5.41, 5.74) is 5.17. The van der Waals surface area contributed by atoms with Gasteiger partial charge in [0.1, 0.15) is 22.5 Å². The van der Waals surface area contributed by atoms with Gasteiger partial charge in [-0.3, -0.25) is 0 Å². The third-order valence-electron chi connectivity index (χ3n) is 8.60. The molecular formula is C38H53N3OS. The van der Waals surface area contributed by atoms with Crippen LogP contribution in [-0.2, 0) is 10.8 Å². The van der Waals surface area contributed by atoms with E-state index in [1.165, 1.54) is 55.4 Å². The summed E-state index contributed by atoms with van der Waals surface area (Å²) in [6.07, 6.45) is 10.3. The van der Waals surface area contributed by atoms with Crippen molar-refractivity contribution in [2.75, 3.05) is 5.75 Å². The van der Waals surface area contributed by atoms with E-state index in [0.717, 1.165) is 34.3 Å². The molecule has 3 aromatic carbocycles. The van der Waals surface area contributed by atoms with E-state index in [1.807, 2.05) is 17.8 Å². The summed E-state index contributed by atoms with van der Waals surface area (Å²) in [6, 6.07) is 21.1. The zero-order chi connectivity index (χ0) is 31.3. The Kier molecular flexibility index (Phi) is 10.7. The molecule has 1 aromatic heterocycles. The van der Waals surface area contributed by atoms with E-state index < -0.39 is 5.41 Å². The number of thioether (sulfide) groups is 1. The summed E-state index contributed by atoms with van der Waals surface area (Å²) in [5, 5.41) is 21.6. The van der Waals surface area contributed by atoms with Gasteiger partial charge in [-0.15, -0.1) is 26.8 Å². The molecule has 1 N–H and O–H groups in total. The second kappa shape index (κ2) is 13.9. The number of hydrogen-bond acceptors (Lipinski definition) is 4. The molecule has 0 aliphatic rings. The van der Waals surface area contributed by atoms with Gasteiger partial charge in [-0.2, -0.15) is 0 Å². The second-order valence-corrected chi connectivity index (χ2v) is 15.8. The van der Waals surface area contributed by atoms with Crippen molar-refractivity contribution in [3.8, 4) is 11.4 Å². The molecule has 4 aromatic rings. The average Bonchev–Trinajstić information content (AvgIpc) is 3.37. The van der Waals surface area contributed by atoms with E-state index in [0.29, 0.717) is 5.69 Å². The third kappa shape index (κ3) is 8.44. The van der Waals surface area contributed by atoms with E-state index in [1.54, 1.807) is 4.80 Å². The van der Waals surface area contributed by atoms with Gasteiger partial charge in [-0.05, 0) is 64.8 Å². The number of aromatic nitrogens is 3. The lowest BCUT2D eigenvalue weighted by atomic mass is 9.70. The van der Waals surface area contributed by atoms with Crippen molar-refractivity contribution < 1.29 is 5.11 Å². The molecule has 4 rings (SSSR count). The first-order chi connectivity index (χ1) is 20.3. The quantitative estimate of drug-likeness (QED) is 0.116. The summed E-state index contributed by atoms with van der Waals surface area (Å²) in [7, 11) is 0. The van der Waals surface area contributed by atoms with E-state index in [4.69, 9.17) is 10.2 Å². The molecule has 0 radical (unpaired) electrons. The van der Waals surface area contributed by atoms with Crippen LogP contribution in [0.25, 0.3) is 16.7 Å². The van der Waals surface area contributed by atoms with Crippen LogP contribution in [0, 0.1) is 5.41 Å².